The molecule has 1 amide bonds. The number of amides is 1. The Labute approximate surface area is 109 Å². The van der Waals surface area contributed by atoms with Crippen LogP contribution in [0.2, 0.25) is 0 Å². The number of aromatic nitrogens is 2. The molecule has 0 atom stereocenters. The minimum absolute atomic E-state index is 0.0620. The third-order valence-electron chi connectivity index (χ3n) is 2.47. The molecular weight excluding hydrogens is 247 g/mol. The van der Waals surface area contributed by atoms with Gasteiger partial charge in [0.15, 0.2) is 0 Å². The zero-order valence-electron chi connectivity index (χ0n) is 10.4. The maximum atomic E-state index is 12.7. The first-order valence-electron chi connectivity index (χ1n) is 5.68. The van der Waals surface area contributed by atoms with Crippen LogP contribution in [0.5, 0.6) is 0 Å². The summed E-state index contributed by atoms with van der Waals surface area (Å²) < 4.78 is 12.7. The molecule has 0 aliphatic heterocycles. The highest BCUT2D eigenvalue weighted by atomic mass is 19.1. The smallest absolute Gasteiger partial charge is 0.270 e. The molecule has 0 aliphatic carbocycles. The summed E-state index contributed by atoms with van der Waals surface area (Å²) in [6.45, 7) is 2.02. The van der Waals surface area contributed by atoms with Crippen molar-refractivity contribution in [3.63, 3.8) is 0 Å². The summed E-state index contributed by atoms with van der Waals surface area (Å²) in [5, 5.41) is 2.68. The number of nitrogens with one attached hydrogen (secondary N) is 1. The molecule has 0 aliphatic rings. The Balaban J connectivity index is 2.03. The Bertz CT molecular complexity index is 578. The van der Waals surface area contributed by atoms with Gasteiger partial charge in [-0.3, -0.25) is 4.79 Å². The van der Waals surface area contributed by atoms with Crippen molar-refractivity contribution >= 4 is 11.9 Å². The summed E-state index contributed by atoms with van der Waals surface area (Å²) in [5.74, 6) is -0.595. The van der Waals surface area contributed by atoms with Gasteiger partial charge >= 0.3 is 0 Å². The van der Waals surface area contributed by atoms with Crippen molar-refractivity contribution in [1.29, 1.82) is 0 Å². The number of hydrogen-bond donors (Lipinski definition) is 2. The number of rotatable bonds is 3. The number of aryl methyl sites for hydroxylation is 1. The largest absolute Gasteiger partial charge is 0.368 e. The minimum Gasteiger partial charge on any atom is -0.368 e. The zero-order valence-corrected chi connectivity index (χ0v) is 10.4. The molecule has 6 heteroatoms. The van der Waals surface area contributed by atoms with E-state index in [1.807, 2.05) is 0 Å². The summed E-state index contributed by atoms with van der Waals surface area (Å²) >= 11 is 0. The number of carbonyl (C=O) groups excluding carboxylic acids is 1. The van der Waals surface area contributed by atoms with Gasteiger partial charge in [0.25, 0.3) is 5.91 Å². The summed E-state index contributed by atoms with van der Waals surface area (Å²) in [4.78, 5) is 19.6. The first-order chi connectivity index (χ1) is 9.04. The SMILES string of the molecule is Cc1cc(C(=O)NCc2ccc(F)cc2)nc(N)n1. The number of nitrogens with two attached hydrogens (primary N) is 1. The van der Waals surface area contributed by atoms with Crippen LogP contribution in [0.4, 0.5) is 10.3 Å². The Morgan fingerprint density at radius 2 is 2.00 bits per heavy atom. The van der Waals surface area contributed by atoms with E-state index in [-0.39, 0.29) is 23.4 Å². The van der Waals surface area contributed by atoms with Gasteiger partial charge in [-0.25, -0.2) is 14.4 Å². The molecule has 0 radical (unpaired) electrons. The molecule has 3 N–H and O–H groups in total. The fourth-order valence-electron chi connectivity index (χ4n) is 1.58. The van der Waals surface area contributed by atoms with E-state index in [1.165, 1.54) is 12.1 Å². The first-order valence-corrected chi connectivity index (χ1v) is 5.68. The lowest BCUT2D eigenvalue weighted by molar-refractivity contribution is 0.0946. The zero-order chi connectivity index (χ0) is 13.8. The molecule has 0 fully saturated rings. The quantitative estimate of drug-likeness (QED) is 0.875. The number of benzene rings is 1. The number of carbonyl (C=O) groups is 1. The van der Waals surface area contributed by atoms with E-state index >= 15 is 0 Å². The molecule has 5 nitrogen and oxygen atoms in total. The summed E-state index contributed by atoms with van der Waals surface area (Å²) in [5.41, 5.74) is 7.12. The van der Waals surface area contributed by atoms with E-state index < -0.39 is 0 Å². The summed E-state index contributed by atoms with van der Waals surface area (Å²) in [7, 11) is 0. The number of nitrogens with zero attached hydrogens (tertiary/aromatic N) is 2. The normalized spacial score (nSPS) is 10.2. The molecule has 1 aromatic heterocycles. The second-order valence-electron chi connectivity index (χ2n) is 4.06. The fourth-order valence-corrected chi connectivity index (χ4v) is 1.58. The van der Waals surface area contributed by atoms with Crippen LogP contribution in [0, 0.1) is 12.7 Å². The van der Waals surface area contributed by atoms with E-state index in [1.54, 1.807) is 25.1 Å². The third kappa shape index (κ3) is 3.48. The van der Waals surface area contributed by atoms with E-state index in [2.05, 4.69) is 15.3 Å². The van der Waals surface area contributed by atoms with Crippen LogP contribution < -0.4 is 11.1 Å². The Morgan fingerprint density at radius 1 is 1.32 bits per heavy atom. The lowest BCUT2D eigenvalue weighted by Gasteiger charge is -2.06. The topological polar surface area (TPSA) is 80.9 Å². The minimum atomic E-state index is -0.346. The van der Waals surface area contributed by atoms with Gasteiger partial charge in [-0.1, -0.05) is 12.1 Å². The predicted molar refractivity (Wildman–Crippen MR) is 68.8 cm³/mol. The Morgan fingerprint density at radius 3 is 2.63 bits per heavy atom. The molecule has 2 rings (SSSR count). The van der Waals surface area contributed by atoms with E-state index in [0.717, 1.165) is 5.56 Å². The summed E-state index contributed by atoms with van der Waals surface area (Å²) in [6, 6.07) is 7.45. The maximum absolute atomic E-state index is 12.7. The van der Waals surface area contributed by atoms with Crippen LogP contribution in [0.15, 0.2) is 30.3 Å². The van der Waals surface area contributed by atoms with Gasteiger partial charge in [-0.05, 0) is 30.7 Å². The van der Waals surface area contributed by atoms with Gasteiger partial charge in [-0.2, -0.15) is 0 Å². The molecule has 2 aromatic rings. The van der Waals surface area contributed by atoms with Crippen molar-refractivity contribution in [2.45, 2.75) is 13.5 Å². The van der Waals surface area contributed by atoms with Gasteiger partial charge in [-0.15, -0.1) is 0 Å². The van der Waals surface area contributed by atoms with Crippen LogP contribution in [0.3, 0.4) is 0 Å². The van der Waals surface area contributed by atoms with E-state index in [0.29, 0.717) is 12.2 Å². The molecule has 0 saturated carbocycles. The maximum Gasteiger partial charge on any atom is 0.270 e. The number of halogens is 1. The average Bonchev–Trinajstić information content (AvgIpc) is 2.36. The molecule has 0 saturated heterocycles. The Kier molecular flexibility index (Phi) is 3.70. The second kappa shape index (κ2) is 5.43. The highest BCUT2D eigenvalue weighted by Crippen LogP contribution is 2.04. The summed E-state index contributed by atoms with van der Waals surface area (Å²) in [6.07, 6.45) is 0. The molecule has 0 spiro atoms. The second-order valence-corrected chi connectivity index (χ2v) is 4.06. The van der Waals surface area contributed by atoms with Crippen LogP contribution >= 0.6 is 0 Å². The lowest BCUT2D eigenvalue weighted by Crippen LogP contribution is -2.24. The molecule has 0 unspecified atom stereocenters. The van der Waals surface area contributed by atoms with Crippen molar-refractivity contribution in [2.24, 2.45) is 0 Å². The van der Waals surface area contributed by atoms with Crippen molar-refractivity contribution < 1.29 is 9.18 Å². The van der Waals surface area contributed by atoms with E-state index in [4.69, 9.17) is 5.73 Å². The van der Waals surface area contributed by atoms with E-state index in [9.17, 15) is 9.18 Å². The Hall–Kier alpha value is -2.50. The molecule has 1 aromatic carbocycles. The van der Waals surface area contributed by atoms with Crippen molar-refractivity contribution in [2.75, 3.05) is 5.73 Å². The highest BCUT2D eigenvalue weighted by Gasteiger charge is 2.09. The van der Waals surface area contributed by atoms with Crippen molar-refractivity contribution in [1.82, 2.24) is 15.3 Å². The number of hydrogen-bond acceptors (Lipinski definition) is 4. The van der Waals surface area contributed by atoms with Crippen molar-refractivity contribution in [3.8, 4) is 0 Å². The van der Waals surface area contributed by atoms with Crippen LogP contribution in [0.25, 0.3) is 0 Å². The van der Waals surface area contributed by atoms with Crippen molar-refractivity contribution in [3.05, 3.63) is 53.1 Å². The lowest BCUT2D eigenvalue weighted by atomic mass is 10.2. The van der Waals surface area contributed by atoms with Gasteiger partial charge in [0, 0.05) is 12.2 Å². The monoisotopic (exact) mass is 260 g/mol. The van der Waals surface area contributed by atoms with Gasteiger partial charge in [0.2, 0.25) is 5.95 Å². The first kappa shape index (κ1) is 12.9. The van der Waals surface area contributed by atoms with Gasteiger partial charge in [0.1, 0.15) is 11.5 Å². The molecule has 98 valence electrons. The highest BCUT2D eigenvalue weighted by molar-refractivity contribution is 5.92. The molecule has 0 bridgehead atoms. The standard InChI is InChI=1S/C13H13FN4O/c1-8-6-11(18-13(15)17-8)12(19)16-7-9-2-4-10(14)5-3-9/h2-6H,7H2,1H3,(H,16,19)(H2,15,17,18). The van der Waals surface area contributed by atoms with Gasteiger partial charge < -0.3 is 11.1 Å². The van der Waals surface area contributed by atoms with Crippen LogP contribution in [-0.4, -0.2) is 15.9 Å². The predicted octanol–water partition coefficient (Wildman–Crippen LogP) is 1.44. The molecule has 1 heterocycles. The average molecular weight is 260 g/mol. The third-order valence-corrected chi connectivity index (χ3v) is 2.47. The molecular formula is C13H13FN4O. The number of anilines is 1. The van der Waals surface area contributed by atoms with Crippen LogP contribution in [-0.2, 0) is 6.54 Å². The van der Waals surface area contributed by atoms with Crippen LogP contribution in [0.1, 0.15) is 21.7 Å². The van der Waals surface area contributed by atoms with Gasteiger partial charge in [0.05, 0.1) is 0 Å². The number of nitrogen functional groups attached to an aromatic ring is 1. The molecule has 19 heavy (non-hydrogen) atoms. The fraction of sp³-hybridized carbons (Fsp3) is 0.154.